The summed E-state index contributed by atoms with van der Waals surface area (Å²) in [5, 5.41) is 14.1. The van der Waals surface area contributed by atoms with Gasteiger partial charge in [-0.15, -0.1) is 0 Å². The first kappa shape index (κ1) is 19.0. The summed E-state index contributed by atoms with van der Waals surface area (Å²) in [4.78, 5) is 25.1. The number of nitrogens with zero attached hydrogens (tertiary/aromatic N) is 3. The minimum atomic E-state index is -0.461. The third-order valence-electron chi connectivity index (χ3n) is 8.46. The molecule has 1 aromatic rings. The average molecular weight is 413 g/mol. The molecule has 2 heterocycles. The van der Waals surface area contributed by atoms with Crippen LogP contribution >= 0.6 is 0 Å². The molecule has 1 unspecified atom stereocenters. The molecule has 5 aliphatic carbocycles. The maximum absolute atomic E-state index is 13.4. The third kappa shape index (κ3) is 3.12. The monoisotopic (exact) mass is 412 g/mol. The molecule has 0 aromatic carbocycles. The first-order valence-corrected chi connectivity index (χ1v) is 11.8. The molecule has 30 heavy (non-hydrogen) atoms. The zero-order chi connectivity index (χ0) is 20.3. The minimum absolute atomic E-state index is 0.0154. The van der Waals surface area contributed by atoms with E-state index in [4.69, 9.17) is 9.72 Å². The number of amides is 1. The van der Waals surface area contributed by atoms with Crippen molar-refractivity contribution in [1.82, 2.24) is 15.3 Å². The van der Waals surface area contributed by atoms with Crippen LogP contribution in [0.1, 0.15) is 73.3 Å². The normalized spacial score (nSPS) is 37.8. The predicted octanol–water partition coefficient (Wildman–Crippen LogP) is 2.25. The topological polar surface area (TPSA) is 87.6 Å². The molecule has 2 N–H and O–H groups in total. The number of aliphatic hydroxyl groups is 1. The zero-order valence-corrected chi connectivity index (χ0v) is 17.6. The van der Waals surface area contributed by atoms with E-state index < -0.39 is 5.60 Å². The van der Waals surface area contributed by atoms with E-state index in [0.29, 0.717) is 42.4 Å². The summed E-state index contributed by atoms with van der Waals surface area (Å²) in [6.45, 7) is 2.99. The summed E-state index contributed by atoms with van der Waals surface area (Å²) in [7, 11) is 0. The van der Waals surface area contributed by atoms with E-state index in [1.807, 2.05) is 0 Å². The Kier molecular flexibility index (Phi) is 4.53. The summed E-state index contributed by atoms with van der Waals surface area (Å²) in [6.07, 6.45) is 10.1. The Hall–Kier alpha value is -1.73. The van der Waals surface area contributed by atoms with Gasteiger partial charge in [0, 0.05) is 31.2 Å². The van der Waals surface area contributed by atoms with Crippen LogP contribution in [-0.2, 0) is 4.74 Å². The molecule has 1 aliphatic heterocycles. The molecule has 0 radical (unpaired) electrons. The number of carbonyl (C=O) groups is 1. The number of carbonyl (C=O) groups excluding carboxylic acids is 1. The number of anilines is 1. The summed E-state index contributed by atoms with van der Waals surface area (Å²) >= 11 is 0. The fourth-order valence-corrected chi connectivity index (χ4v) is 7.20. The Bertz CT molecular complexity index is 832. The second kappa shape index (κ2) is 7.16. The molecule has 7 rings (SSSR count). The fraction of sp³-hybridized carbons (Fsp3) is 0.783. The number of aromatic nitrogens is 2. The summed E-state index contributed by atoms with van der Waals surface area (Å²) in [5.74, 6) is 2.50. The van der Waals surface area contributed by atoms with Crippen LogP contribution in [-0.4, -0.2) is 58.9 Å². The van der Waals surface area contributed by atoms with Gasteiger partial charge >= 0.3 is 0 Å². The van der Waals surface area contributed by atoms with Gasteiger partial charge in [0.1, 0.15) is 0 Å². The van der Waals surface area contributed by atoms with Crippen LogP contribution in [0.5, 0.6) is 0 Å². The molecular formula is C23H32N4O3. The van der Waals surface area contributed by atoms with Crippen molar-refractivity contribution in [2.75, 3.05) is 31.2 Å². The smallest absolute Gasteiger partial charge is 0.254 e. The molecule has 162 valence electrons. The van der Waals surface area contributed by atoms with Gasteiger partial charge in [-0.25, -0.2) is 9.97 Å². The van der Waals surface area contributed by atoms with E-state index in [1.54, 1.807) is 6.20 Å². The van der Waals surface area contributed by atoms with Crippen LogP contribution in [0.25, 0.3) is 0 Å². The molecule has 1 saturated heterocycles. The van der Waals surface area contributed by atoms with Crippen molar-refractivity contribution in [1.29, 1.82) is 0 Å². The van der Waals surface area contributed by atoms with Gasteiger partial charge in [0.25, 0.3) is 5.91 Å². The summed E-state index contributed by atoms with van der Waals surface area (Å²) in [5.41, 5.74) is 1.14. The van der Waals surface area contributed by atoms with Crippen molar-refractivity contribution in [3.63, 3.8) is 0 Å². The molecule has 6 fully saturated rings. The lowest BCUT2D eigenvalue weighted by molar-refractivity contribution is -0.0192. The largest absolute Gasteiger partial charge is 0.390 e. The highest BCUT2D eigenvalue weighted by molar-refractivity contribution is 5.95. The standard InChI is InChI=1S/C23H32N4O3/c28-21(25-20-16-9-15-10-23(29,11-16)12-17(15)20)18-13-24-22(27-5-7-30-8-6-27)26-19(18)14-3-1-2-4-14/h13-17,20,29H,1-12H2,(H,25,28)/t15?,16-,17-,20-,23-/m1/s1. The van der Waals surface area contributed by atoms with Crippen molar-refractivity contribution in [3.05, 3.63) is 17.5 Å². The molecular weight excluding hydrogens is 380 g/mol. The Labute approximate surface area is 177 Å². The Morgan fingerprint density at radius 3 is 2.70 bits per heavy atom. The summed E-state index contributed by atoms with van der Waals surface area (Å²) < 4.78 is 5.46. The van der Waals surface area contributed by atoms with E-state index in [1.165, 1.54) is 12.8 Å². The maximum Gasteiger partial charge on any atom is 0.254 e. The van der Waals surface area contributed by atoms with E-state index in [0.717, 1.165) is 63.3 Å². The van der Waals surface area contributed by atoms with Crippen LogP contribution in [0.2, 0.25) is 0 Å². The van der Waals surface area contributed by atoms with Gasteiger partial charge in [-0.1, -0.05) is 12.8 Å². The van der Waals surface area contributed by atoms with Crippen molar-refractivity contribution in [3.8, 4) is 0 Å². The molecule has 1 amide bonds. The second-order valence-electron chi connectivity index (χ2n) is 10.3. The molecule has 5 saturated carbocycles. The predicted molar refractivity (Wildman–Crippen MR) is 111 cm³/mol. The number of rotatable bonds is 4. The lowest BCUT2D eigenvalue weighted by Gasteiger charge is -2.38. The number of hydrogen-bond donors (Lipinski definition) is 2. The fourth-order valence-electron chi connectivity index (χ4n) is 7.20. The van der Waals surface area contributed by atoms with Crippen LogP contribution in [0.4, 0.5) is 5.95 Å². The SMILES string of the molecule is O=C(N[C@@H]1[C@@H]2CC3C[C@@](O)(C2)C[C@H]31)c1cnc(N2CCOCC2)nc1C1CCCC1. The lowest BCUT2D eigenvalue weighted by atomic mass is 9.76. The molecule has 7 nitrogen and oxygen atoms in total. The third-order valence-corrected chi connectivity index (χ3v) is 8.46. The van der Waals surface area contributed by atoms with Crippen molar-refractivity contribution < 1.29 is 14.6 Å². The highest BCUT2D eigenvalue weighted by Gasteiger charge is 2.60. The Morgan fingerprint density at radius 1 is 1.17 bits per heavy atom. The Morgan fingerprint density at radius 2 is 1.93 bits per heavy atom. The van der Waals surface area contributed by atoms with E-state index in [2.05, 4.69) is 15.2 Å². The van der Waals surface area contributed by atoms with E-state index in [-0.39, 0.29) is 11.9 Å². The van der Waals surface area contributed by atoms with Gasteiger partial charge in [-0.2, -0.15) is 0 Å². The quantitative estimate of drug-likeness (QED) is 0.789. The van der Waals surface area contributed by atoms with Gasteiger partial charge in [-0.05, 0) is 56.3 Å². The van der Waals surface area contributed by atoms with Crippen LogP contribution in [0, 0.1) is 17.8 Å². The van der Waals surface area contributed by atoms with Gasteiger partial charge in [-0.3, -0.25) is 4.79 Å². The van der Waals surface area contributed by atoms with Gasteiger partial charge in [0.2, 0.25) is 5.95 Å². The molecule has 6 aliphatic rings. The van der Waals surface area contributed by atoms with E-state index in [9.17, 15) is 9.90 Å². The van der Waals surface area contributed by atoms with Crippen LogP contribution < -0.4 is 10.2 Å². The number of morpholine rings is 1. The molecule has 5 atom stereocenters. The maximum atomic E-state index is 13.4. The Balaban J connectivity index is 1.26. The van der Waals surface area contributed by atoms with Crippen molar-refractivity contribution in [2.45, 2.75) is 68.9 Å². The van der Waals surface area contributed by atoms with Crippen molar-refractivity contribution >= 4 is 11.9 Å². The van der Waals surface area contributed by atoms with Crippen LogP contribution in [0.3, 0.4) is 0 Å². The number of ether oxygens (including phenoxy) is 1. The summed E-state index contributed by atoms with van der Waals surface area (Å²) in [6, 6.07) is 0.195. The van der Waals surface area contributed by atoms with Gasteiger partial charge in [0.05, 0.1) is 30.1 Å². The molecule has 7 heteroatoms. The van der Waals surface area contributed by atoms with Crippen molar-refractivity contribution in [2.24, 2.45) is 17.8 Å². The lowest BCUT2D eigenvalue weighted by Crippen LogP contribution is -2.48. The number of hydrogen-bond acceptors (Lipinski definition) is 6. The highest BCUT2D eigenvalue weighted by atomic mass is 16.5. The van der Waals surface area contributed by atoms with Gasteiger partial charge < -0.3 is 20.1 Å². The molecule has 1 aromatic heterocycles. The van der Waals surface area contributed by atoms with E-state index >= 15 is 0 Å². The molecule has 4 bridgehead atoms. The zero-order valence-electron chi connectivity index (χ0n) is 17.6. The molecule has 0 spiro atoms. The first-order valence-electron chi connectivity index (χ1n) is 11.8. The first-order chi connectivity index (χ1) is 14.6. The second-order valence-corrected chi connectivity index (χ2v) is 10.3. The highest BCUT2D eigenvalue weighted by Crippen LogP contribution is 2.60. The van der Waals surface area contributed by atoms with Crippen LogP contribution in [0.15, 0.2) is 6.20 Å². The minimum Gasteiger partial charge on any atom is -0.390 e. The average Bonchev–Trinajstić information content (AvgIpc) is 3.43. The van der Waals surface area contributed by atoms with Gasteiger partial charge in [0.15, 0.2) is 0 Å². The number of nitrogens with one attached hydrogen (secondary N) is 1.